The van der Waals surface area contributed by atoms with Crippen molar-refractivity contribution < 1.29 is 14.7 Å². The molecule has 1 heterocycles. The summed E-state index contributed by atoms with van der Waals surface area (Å²) in [6, 6.07) is 9.85. The number of nitrogens with one attached hydrogen (secondary N) is 1. The lowest BCUT2D eigenvalue weighted by atomic mass is 10.1. The first-order chi connectivity index (χ1) is 10.1. The molecular weight excluding hydrogens is 272 g/mol. The van der Waals surface area contributed by atoms with E-state index in [1.54, 1.807) is 24.3 Å². The molecule has 104 valence electrons. The van der Waals surface area contributed by atoms with Crippen molar-refractivity contribution in [2.24, 2.45) is 0 Å². The van der Waals surface area contributed by atoms with Gasteiger partial charge in [-0.1, -0.05) is 12.1 Å². The molecule has 7 nitrogen and oxygen atoms in total. The van der Waals surface area contributed by atoms with Gasteiger partial charge in [0.15, 0.2) is 5.69 Å². The van der Waals surface area contributed by atoms with Crippen molar-refractivity contribution in [3.63, 3.8) is 0 Å². The number of carbonyl (C=O) groups excluding carboxylic acids is 1. The number of hydrogen-bond acceptors (Lipinski definition) is 5. The van der Waals surface area contributed by atoms with Crippen molar-refractivity contribution >= 4 is 11.9 Å². The Labute approximate surface area is 119 Å². The zero-order chi connectivity index (χ0) is 15.2. The molecular formula is C14H10N4O3. The Bertz CT molecular complexity index is 720. The number of amides is 1. The van der Waals surface area contributed by atoms with Gasteiger partial charge in [-0.3, -0.25) is 4.79 Å². The third-order valence-corrected chi connectivity index (χ3v) is 2.65. The topological polar surface area (TPSA) is 116 Å². The monoisotopic (exact) mass is 282 g/mol. The first-order valence-corrected chi connectivity index (χ1v) is 5.92. The minimum absolute atomic E-state index is 0.0176. The second-order valence-electron chi connectivity index (χ2n) is 4.09. The van der Waals surface area contributed by atoms with Crippen molar-refractivity contribution in [1.29, 1.82) is 5.26 Å². The van der Waals surface area contributed by atoms with Gasteiger partial charge >= 0.3 is 5.97 Å². The van der Waals surface area contributed by atoms with Gasteiger partial charge in [0.2, 0.25) is 0 Å². The van der Waals surface area contributed by atoms with Gasteiger partial charge in [-0.15, -0.1) is 0 Å². The van der Waals surface area contributed by atoms with Crippen molar-refractivity contribution in [3.8, 4) is 6.07 Å². The minimum Gasteiger partial charge on any atom is -0.477 e. The summed E-state index contributed by atoms with van der Waals surface area (Å²) < 4.78 is 0. The van der Waals surface area contributed by atoms with E-state index in [2.05, 4.69) is 15.3 Å². The fourth-order valence-electron chi connectivity index (χ4n) is 1.57. The highest BCUT2D eigenvalue weighted by Crippen LogP contribution is 2.04. The molecule has 0 radical (unpaired) electrons. The summed E-state index contributed by atoms with van der Waals surface area (Å²) in [5, 5.41) is 20.1. The molecule has 1 aromatic carbocycles. The Morgan fingerprint density at radius 1 is 1.19 bits per heavy atom. The predicted octanol–water partition coefficient (Wildman–Crippen LogP) is 0.976. The maximum Gasteiger partial charge on any atom is 0.354 e. The normalized spacial score (nSPS) is 9.67. The molecule has 0 saturated heterocycles. The van der Waals surface area contributed by atoms with Gasteiger partial charge in [0.05, 0.1) is 11.6 Å². The summed E-state index contributed by atoms with van der Waals surface area (Å²) in [4.78, 5) is 29.9. The smallest absolute Gasteiger partial charge is 0.354 e. The van der Waals surface area contributed by atoms with Crippen LogP contribution in [0.15, 0.2) is 36.7 Å². The number of carboxylic acids is 1. The lowest BCUT2D eigenvalue weighted by Gasteiger charge is -2.05. The predicted molar refractivity (Wildman–Crippen MR) is 71.3 cm³/mol. The summed E-state index contributed by atoms with van der Waals surface area (Å²) in [6.45, 7) is 0.247. The van der Waals surface area contributed by atoms with Crippen molar-refractivity contribution in [3.05, 3.63) is 59.2 Å². The molecule has 0 aliphatic heterocycles. The molecule has 0 atom stereocenters. The number of aromatic nitrogens is 2. The van der Waals surface area contributed by atoms with Crippen LogP contribution < -0.4 is 5.32 Å². The molecule has 2 N–H and O–H groups in total. The molecule has 0 spiro atoms. The van der Waals surface area contributed by atoms with E-state index in [4.69, 9.17) is 10.4 Å². The molecule has 0 unspecified atom stereocenters. The van der Waals surface area contributed by atoms with Crippen molar-refractivity contribution in [1.82, 2.24) is 15.3 Å². The Morgan fingerprint density at radius 2 is 1.86 bits per heavy atom. The standard InChI is InChI=1S/C14H10N4O3/c15-6-9-1-3-10(4-2-9)7-16-13(19)11-5-12(14(20)21)18-8-17-11/h1-5,8H,7H2,(H,16,19)(H,20,21). The first-order valence-electron chi connectivity index (χ1n) is 5.92. The molecule has 0 fully saturated rings. The fraction of sp³-hybridized carbons (Fsp3) is 0.0714. The SMILES string of the molecule is N#Cc1ccc(CNC(=O)c2cc(C(=O)O)ncn2)cc1. The molecule has 0 saturated carbocycles. The van der Waals surface area contributed by atoms with Crippen molar-refractivity contribution in [2.75, 3.05) is 0 Å². The maximum absolute atomic E-state index is 11.9. The van der Waals surface area contributed by atoms with Crippen LogP contribution in [-0.2, 0) is 6.54 Å². The summed E-state index contributed by atoms with van der Waals surface area (Å²) in [5.74, 6) is -1.72. The van der Waals surface area contributed by atoms with Crippen LogP contribution in [0.4, 0.5) is 0 Å². The van der Waals surface area contributed by atoms with Gasteiger partial charge in [0.25, 0.3) is 5.91 Å². The second-order valence-corrected chi connectivity index (χ2v) is 4.09. The van der Waals surface area contributed by atoms with Crippen LogP contribution in [0, 0.1) is 11.3 Å². The van der Waals surface area contributed by atoms with Crippen LogP contribution in [0.1, 0.15) is 32.1 Å². The van der Waals surface area contributed by atoms with Crippen molar-refractivity contribution in [2.45, 2.75) is 6.54 Å². The number of carboxylic acid groups (broad SMARTS) is 1. The highest BCUT2D eigenvalue weighted by atomic mass is 16.4. The van der Waals surface area contributed by atoms with Crippen LogP contribution in [-0.4, -0.2) is 27.0 Å². The Balaban J connectivity index is 2.02. The minimum atomic E-state index is -1.22. The lowest BCUT2D eigenvalue weighted by molar-refractivity contribution is 0.0690. The zero-order valence-electron chi connectivity index (χ0n) is 10.8. The van der Waals surface area contributed by atoms with Gasteiger partial charge in [-0.25, -0.2) is 14.8 Å². The maximum atomic E-state index is 11.9. The quantitative estimate of drug-likeness (QED) is 0.863. The summed E-state index contributed by atoms with van der Waals surface area (Å²) in [5.41, 5.74) is 1.09. The number of carbonyl (C=O) groups is 2. The Morgan fingerprint density at radius 3 is 2.48 bits per heavy atom. The van der Waals surface area contributed by atoms with Crippen LogP contribution in [0.3, 0.4) is 0 Å². The van der Waals surface area contributed by atoms with Crippen LogP contribution in [0.2, 0.25) is 0 Å². The molecule has 21 heavy (non-hydrogen) atoms. The molecule has 1 amide bonds. The third-order valence-electron chi connectivity index (χ3n) is 2.65. The van der Waals surface area contributed by atoms with Gasteiger partial charge in [0, 0.05) is 12.6 Å². The first kappa shape index (κ1) is 14.1. The number of aromatic carboxylic acids is 1. The second kappa shape index (κ2) is 6.25. The van der Waals surface area contributed by atoms with E-state index >= 15 is 0 Å². The summed E-state index contributed by atoms with van der Waals surface area (Å²) in [7, 11) is 0. The zero-order valence-corrected chi connectivity index (χ0v) is 10.8. The molecule has 7 heteroatoms. The molecule has 0 aliphatic rings. The van der Waals surface area contributed by atoms with Gasteiger partial charge in [-0.05, 0) is 17.7 Å². The summed E-state index contributed by atoms with van der Waals surface area (Å²) in [6.07, 6.45) is 1.03. The summed E-state index contributed by atoms with van der Waals surface area (Å²) >= 11 is 0. The van der Waals surface area contributed by atoms with E-state index in [1.165, 1.54) is 0 Å². The third kappa shape index (κ3) is 3.61. The van der Waals surface area contributed by atoms with Gasteiger partial charge in [0.1, 0.15) is 12.0 Å². The molecule has 1 aromatic heterocycles. The number of benzene rings is 1. The number of nitrogens with zero attached hydrogens (tertiary/aromatic N) is 3. The van der Waals surface area contributed by atoms with Gasteiger partial charge in [-0.2, -0.15) is 5.26 Å². The Hall–Kier alpha value is -3.27. The molecule has 0 aliphatic carbocycles. The van der Waals surface area contributed by atoms with E-state index in [0.717, 1.165) is 18.0 Å². The number of hydrogen-bond donors (Lipinski definition) is 2. The highest BCUT2D eigenvalue weighted by molar-refractivity contribution is 5.94. The molecule has 2 aromatic rings. The molecule has 0 bridgehead atoms. The average Bonchev–Trinajstić information content (AvgIpc) is 2.53. The molecule has 2 rings (SSSR count). The number of rotatable bonds is 4. The van der Waals surface area contributed by atoms with Crippen LogP contribution in [0.5, 0.6) is 0 Å². The van der Waals surface area contributed by atoms with Gasteiger partial charge < -0.3 is 10.4 Å². The fourth-order valence-corrected chi connectivity index (χ4v) is 1.57. The highest BCUT2D eigenvalue weighted by Gasteiger charge is 2.11. The van der Waals surface area contributed by atoms with Crippen LogP contribution >= 0.6 is 0 Å². The average molecular weight is 282 g/mol. The van der Waals surface area contributed by atoms with E-state index in [0.29, 0.717) is 5.56 Å². The number of nitriles is 1. The van der Waals surface area contributed by atoms with E-state index < -0.39 is 11.9 Å². The van der Waals surface area contributed by atoms with Crippen LogP contribution in [0.25, 0.3) is 0 Å². The van der Waals surface area contributed by atoms with E-state index in [9.17, 15) is 9.59 Å². The Kier molecular flexibility index (Phi) is 4.21. The largest absolute Gasteiger partial charge is 0.477 e. The lowest BCUT2D eigenvalue weighted by Crippen LogP contribution is -2.24. The van der Waals surface area contributed by atoms with E-state index in [-0.39, 0.29) is 17.9 Å². The van der Waals surface area contributed by atoms with E-state index in [1.807, 2.05) is 6.07 Å².